The van der Waals surface area contributed by atoms with Crippen LogP contribution in [0.3, 0.4) is 0 Å². The van der Waals surface area contributed by atoms with E-state index in [-0.39, 0.29) is 0 Å². The van der Waals surface area contributed by atoms with Gasteiger partial charge in [-0.05, 0) is 18.1 Å². The molecule has 0 unspecified atom stereocenters. The van der Waals surface area contributed by atoms with Gasteiger partial charge in [-0.25, -0.2) is 4.39 Å². The number of hydrogen-bond acceptors (Lipinski definition) is 0. The fraction of sp³-hybridized carbons (Fsp3) is 0.571. The highest BCUT2D eigenvalue weighted by Gasteiger charge is 1.77. The molecular weight excluding hydrogens is 103 g/mol. The minimum atomic E-state index is -0.413. The molecule has 0 saturated heterocycles. The van der Waals surface area contributed by atoms with E-state index < -0.39 is 6.67 Å². The lowest BCUT2D eigenvalue weighted by Crippen LogP contribution is -1.73. The normalized spacial score (nSPS) is 8.50. The molecule has 0 aliphatic heterocycles. The molecule has 0 aliphatic rings. The summed E-state index contributed by atoms with van der Waals surface area (Å²) >= 11 is 0. The molecule has 0 aromatic heterocycles. The summed E-state index contributed by atoms with van der Waals surface area (Å²) in [5.41, 5.74) is 2.71. The van der Waals surface area contributed by atoms with Crippen LogP contribution in [0.25, 0.3) is 0 Å². The zero-order chi connectivity index (χ0) is 6.41. The second kappa shape index (κ2) is 4.61. The van der Waals surface area contributed by atoms with Gasteiger partial charge < -0.3 is 0 Å². The molecular formula is C7H11F. The van der Waals surface area contributed by atoms with Gasteiger partial charge in [-0.3, -0.25) is 0 Å². The molecule has 0 aliphatic carbocycles. The van der Waals surface area contributed by atoms with E-state index in [9.17, 15) is 4.39 Å². The van der Waals surface area contributed by atoms with E-state index in [2.05, 4.69) is 5.73 Å². The van der Waals surface area contributed by atoms with E-state index in [4.69, 9.17) is 0 Å². The van der Waals surface area contributed by atoms with Crippen LogP contribution in [0.1, 0.15) is 13.8 Å². The number of halogens is 1. The standard InChI is InChI=1S/C7H11F/c1-7(2)5-3-4-6-8/h4-5,7H,6H2,1-2H3. The van der Waals surface area contributed by atoms with Crippen LogP contribution in [0, 0.1) is 5.92 Å². The Bertz CT molecular complexity index is 97.0. The van der Waals surface area contributed by atoms with E-state index >= 15 is 0 Å². The third-order valence-electron chi connectivity index (χ3n) is 0.625. The van der Waals surface area contributed by atoms with Gasteiger partial charge in [0.05, 0.1) is 0 Å². The van der Waals surface area contributed by atoms with Crippen molar-refractivity contribution in [1.29, 1.82) is 0 Å². The Morgan fingerprint density at radius 2 is 2.25 bits per heavy atom. The maximum Gasteiger partial charge on any atom is 0.115 e. The molecule has 1 heteroatoms. The average molecular weight is 114 g/mol. The number of alkyl halides is 1. The van der Waals surface area contributed by atoms with Crippen molar-refractivity contribution < 1.29 is 4.39 Å². The molecule has 0 rings (SSSR count). The van der Waals surface area contributed by atoms with Crippen molar-refractivity contribution in [2.75, 3.05) is 6.67 Å². The van der Waals surface area contributed by atoms with Crippen LogP contribution >= 0.6 is 0 Å². The van der Waals surface area contributed by atoms with E-state index in [1.165, 1.54) is 6.08 Å². The Morgan fingerprint density at radius 1 is 1.62 bits per heavy atom. The van der Waals surface area contributed by atoms with Crippen molar-refractivity contribution in [2.45, 2.75) is 13.8 Å². The Hall–Kier alpha value is -0.550. The largest absolute Gasteiger partial charge is 0.246 e. The van der Waals surface area contributed by atoms with Crippen molar-refractivity contribution in [2.24, 2.45) is 5.92 Å². The van der Waals surface area contributed by atoms with Gasteiger partial charge in [-0.1, -0.05) is 13.8 Å². The quantitative estimate of drug-likeness (QED) is 0.483. The van der Waals surface area contributed by atoms with E-state index in [0.29, 0.717) is 5.92 Å². The topological polar surface area (TPSA) is 0 Å². The van der Waals surface area contributed by atoms with Crippen LogP contribution in [0.15, 0.2) is 17.9 Å². The summed E-state index contributed by atoms with van der Waals surface area (Å²) in [4.78, 5) is 0. The Morgan fingerprint density at radius 3 is 2.62 bits per heavy atom. The second-order valence-corrected chi connectivity index (χ2v) is 1.94. The van der Waals surface area contributed by atoms with Gasteiger partial charge in [-0.15, -0.1) is 5.73 Å². The fourth-order valence-electron chi connectivity index (χ4n) is 0.305. The van der Waals surface area contributed by atoms with Gasteiger partial charge in [0, 0.05) is 0 Å². The van der Waals surface area contributed by atoms with Crippen molar-refractivity contribution >= 4 is 0 Å². The van der Waals surface area contributed by atoms with Crippen LogP contribution in [0.4, 0.5) is 4.39 Å². The summed E-state index contributed by atoms with van der Waals surface area (Å²) in [5.74, 6) is 0.470. The summed E-state index contributed by atoms with van der Waals surface area (Å²) in [6, 6.07) is 0. The SMILES string of the molecule is CC(C)C=C=CCF. The van der Waals surface area contributed by atoms with Gasteiger partial charge in [0.1, 0.15) is 6.67 Å². The molecule has 0 aromatic rings. The van der Waals surface area contributed by atoms with Gasteiger partial charge in [0.25, 0.3) is 0 Å². The minimum absolute atomic E-state index is 0.413. The lowest BCUT2D eigenvalue weighted by Gasteiger charge is -1.85. The molecule has 0 saturated carbocycles. The highest BCUT2D eigenvalue weighted by atomic mass is 19.1. The Labute approximate surface area is 49.7 Å². The number of hydrogen-bond donors (Lipinski definition) is 0. The van der Waals surface area contributed by atoms with Crippen LogP contribution in [0.2, 0.25) is 0 Å². The molecule has 8 heavy (non-hydrogen) atoms. The van der Waals surface area contributed by atoms with Crippen molar-refractivity contribution in [1.82, 2.24) is 0 Å². The first-order valence-electron chi connectivity index (χ1n) is 2.74. The summed E-state index contributed by atoms with van der Waals surface area (Å²) in [5, 5.41) is 0. The minimum Gasteiger partial charge on any atom is -0.246 e. The van der Waals surface area contributed by atoms with Gasteiger partial charge >= 0.3 is 0 Å². The molecule has 0 bridgehead atoms. The predicted octanol–water partition coefficient (Wildman–Crippen LogP) is 2.32. The maximum atomic E-state index is 11.3. The predicted molar refractivity (Wildman–Crippen MR) is 33.5 cm³/mol. The zero-order valence-electron chi connectivity index (χ0n) is 5.32. The molecule has 0 spiro atoms. The summed E-state index contributed by atoms with van der Waals surface area (Å²) in [6.45, 7) is 3.64. The van der Waals surface area contributed by atoms with Gasteiger partial charge in [0.15, 0.2) is 0 Å². The molecule has 0 N–H and O–H groups in total. The lowest BCUT2D eigenvalue weighted by molar-refractivity contribution is 0.562. The van der Waals surface area contributed by atoms with Crippen LogP contribution in [-0.2, 0) is 0 Å². The van der Waals surface area contributed by atoms with Gasteiger partial charge in [0.2, 0.25) is 0 Å². The van der Waals surface area contributed by atoms with Crippen LogP contribution in [0.5, 0.6) is 0 Å². The van der Waals surface area contributed by atoms with E-state index in [0.717, 1.165) is 0 Å². The second-order valence-electron chi connectivity index (χ2n) is 1.94. The first-order valence-corrected chi connectivity index (χ1v) is 2.74. The molecule has 0 aromatic carbocycles. The Balaban J connectivity index is 3.47. The lowest BCUT2D eigenvalue weighted by atomic mass is 10.2. The summed E-state index contributed by atoms with van der Waals surface area (Å²) in [6.07, 6.45) is 3.21. The average Bonchev–Trinajstić information content (AvgIpc) is 1.66. The Kier molecular flexibility index (Phi) is 4.29. The third kappa shape index (κ3) is 5.45. The first-order chi connectivity index (χ1) is 3.77. The first kappa shape index (κ1) is 7.45. The van der Waals surface area contributed by atoms with E-state index in [1.807, 2.05) is 19.9 Å². The molecule has 0 amide bonds. The van der Waals surface area contributed by atoms with E-state index in [1.54, 1.807) is 0 Å². The summed E-state index contributed by atoms with van der Waals surface area (Å²) in [7, 11) is 0. The van der Waals surface area contributed by atoms with Crippen LogP contribution < -0.4 is 0 Å². The van der Waals surface area contributed by atoms with Crippen molar-refractivity contribution in [3.63, 3.8) is 0 Å². The van der Waals surface area contributed by atoms with Gasteiger partial charge in [-0.2, -0.15) is 0 Å². The molecule has 46 valence electrons. The molecule has 0 radical (unpaired) electrons. The highest BCUT2D eigenvalue weighted by molar-refractivity contribution is 4.86. The smallest absolute Gasteiger partial charge is 0.115 e. The monoisotopic (exact) mass is 114 g/mol. The van der Waals surface area contributed by atoms with Crippen LogP contribution in [-0.4, -0.2) is 6.67 Å². The molecule has 0 nitrogen and oxygen atoms in total. The molecule has 0 atom stereocenters. The molecule has 0 heterocycles. The highest BCUT2D eigenvalue weighted by Crippen LogP contribution is 1.90. The third-order valence-corrected chi connectivity index (χ3v) is 0.625. The number of allylic oxidation sites excluding steroid dienone is 1. The number of rotatable bonds is 2. The zero-order valence-corrected chi connectivity index (χ0v) is 5.32. The summed E-state index contributed by atoms with van der Waals surface area (Å²) < 4.78 is 11.3. The van der Waals surface area contributed by atoms with Crippen molar-refractivity contribution in [3.8, 4) is 0 Å². The van der Waals surface area contributed by atoms with Crippen molar-refractivity contribution in [3.05, 3.63) is 17.9 Å². The fourth-order valence-corrected chi connectivity index (χ4v) is 0.305. The molecule has 0 fully saturated rings. The maximum absolute atomic E-state index is 11.3.